The third kappa shape index (κ3) is 4.18. The van der Waals surface area contributed by atoms with Crippen LogP contribution in [0.3, 0.4) is 0 Å². The topological polar surface area (TPSA) is 84.2 Å². The standard InChI is InChI=1S/C16H19N3O3/c1-16(2,10-8-14(20)21)17-15(22)13-9-11-19(18-13)12-6-4-3-5-7-12/h3-7,9,11H,8,10H2,1-2H3,(H,17,22)(H,20,21). The van der Waals surface area contributed by atoms with E-state index in [1.807, 2.05) is 30.3 Å². The Morgan fingerprint density at radius 2 is 1.91 bits per heavy atom. The van der Waals surface area contributed by atoms with Gasteiger partial charge < -0.3 is 10.4 Å². The molecule has 0 saturated carbocycles. The van der Waals surface area contributed by atoms with Gasteiger partial charge in [0.05, 0.1) is 5.69 Å². The molecule has 22 heavy (non-hydrogen) atoms. The predicted octanol–water partition coefficient (Wildman–Crippen LogP) is 2.25. The highest BCUT2D eigenvalue weighted by molar-refractivity contribution is 5.92. The van der Waals surface area contributed by atoms with Crippen molar-refractivity contribution in [3.05, 3.63) is 48.3 Å². The molecule has 2 aromatic rings. The molecule has 6 nitrogen and oxygen atoms in total. The van der Waals surface area contributed by atoms with Crippen molar-refractivity contribution in [3.63, 3.8) is 0 Å². The van der Waals surface area contributed by atoms with E-state index in [9.17, 15) is 9.59 Å². The first-order chi connectivity index (χ1) is 10.4. The van der Waals surface area contributed by atoms with E-state index in [-0.39, 0.29) is 12.3 Å². The first-order valence-electron chi connectivity index (χ1n) is 7.03. The van der Waals surface area contributed by atoms with Crippen LogP contribution in [0, 0.1) is 0 Å². The third-order valence-electron chi connectivity index (χ3n) is 3.26. The molecule has 0 aliphatic heterocycles. The Morgan fingerprint density at radius 3 is 2.55 bits per heavy atom. The molecule has 1 amide bonds. The van der Waals surface area contributed by atoms with Gasteiger partial charge in [0.2, 0.25) is 0 Å². The zero-order valence-corrected chi connectivity index (χ0v) is 12.6. The van der Waals surface area contributed by atoms with Gasteiger partial charge in [-0.15, -0.1) is 0 Å². The minimum absolute atomic E-state index is 0.00569. The Hall–Kier alpha value is -2.63. The Bertz CT molecular complexity index is 662. The van der Waals surface area contributed by atoms with Gasteiger partial charge in [0, 0.05) is 18.2 Å². The van der Waals surface area contributed by atoms with Crippen LogP contribution in [0.25, 0.3) is 5.69 Å². The lowest BCUT2D eigenvalue weighted by molar-refractivity contribution is -0.137. The van der Waals surface area contributed by atoms with Crippen LogP contribution in [-0.4, -0.2) is 32.3 Å². The number of hydrogen-bond acceptors (Lipinski definition) is 3. The Balaban J connectivity index is 2.04. The monoisotopic (exact) mass is 301 g/mol. The molecule has 0 bridgehead atoms. The van der Waals surface area contributed by atoms with Gasteiger partial charge in [-0.1, -0.05) is 18.2 Å². The largest absolute Gasteiger partial charge is 0.481 e. The molecule has 0 unspecified atom stereocenters. The summed E-state index contributed by atoms with van der Waals surface area (Å²) in [4.78, 5) is 22.8. The molecular formula is C16H19N3O3. The molecule has 0 fully saturated rings. The number of para-hydroxylation sites is 1. The molecular weight excluding hydrogens is 282 g/mol. The zero-order chi connectivity index (χ0) is 16.2. The molecule has 1 aromatic carbocycles. The number of aliphatic carboxylic acids is 1. The van der Waals surface area contributed by atoms with Crippen LogP contribution in [0.15, 0.2) is 42.6 Å². The summed E-state index contributed by atoms with van der Waals surface area (Å²) in [6.07, 6.45) is 2.08. The Labute approximate surface area is 128 Å². The fraction of sp³-hybridized carbons (Fsp3) is 0.312. The van der Waals surface area contributed by atoms with Crippen molar-refractivity contribution in [2.24, 2.45) is 0 Å². The average molecular weight is 301 g/mol. The van der Waals surface area contributed by atoms with E-state index in [4.69, 9.17) is 5.11 Å². The van der Waals surface area contributed by atoms with Crippen molar-refractivity contribution in [1.82, 2.24) is 15.1 Å². The lowest BCUT2D eigenvalue weighted by atomic mass is 9.98. The van der Waals surface area contributed by atoms with Gasteiger partial charge in [-0.25, -0.2) is 4.68 Å². The number of nitrogens with one attached hydrogen (secondary N) is 1. The first-order valence-corrected chi connectivity index (χ1v) is 7.03. The lowest BCUT2D eigenvalue weighted by Crippen LogP contribution is -2.43. The van der Waals surface area contributed by atoms with Gasteiger partial charge in [-0.2, -0.15) is 5.10 Å². The van der Waals surface area contributed by atoms with Crippen LogP contribution < -0.4 is 5.32 Å². The van der Waals surface area contributed by atoms with Gasteiger partial charge in [-0.3, -0.25) is 9.59 Å². The summed E-state index contributed by atoms with van der Waals surface area (Å²) in [5.74, 6) is -1.19. The van der Waals surface area contributed by atoms with Crippen molar-refractivity contribution < 1.29 is 14.7 Å². The molecule has 6 heteroatoms. The van der Waals surface area contributed by atoms with Crippen LogP contribution in [0.2, 0.25) is 0 Å². The van der Waals surface area contributed by atoms with E-state index in [2.05, 4.69) is 10.4 Å². The van der Waals surface area contributed by atoms with Crippen LogP contribution in [0.5, 0.6) is 0 Å². The fourth-order valence-corrected chi connectivity index (χ4v) is 2.02. The number of carboxylic acids is 1. The van der Waals surface area contributed by atoms with E-state index in [0.717, 1.165) is 5.69 Å². The zero-order valence-electron chi connectivity index (χ0n) is 12.6. The molecule has 0 radical (unpaired) electrons. The Morgan fingerprint density at radius 1 is 1.23 bits per heavy atom. The summed E-state index contributed by atoms with van der Waals surface area (Å²) in [5.41, 5.74) is 0.561. The maximum atomic E-state index is 12.2. The van der Waals surface area contributed by atoms with Crippen LogP contribution in [0.4, 0.5) is 0 Å². The highest BCUT2D eigenvalue weighted by Gasteiger charge is 2.23. The highest BCUT2D eigenvalue weighted by atomic mass is 16.4. The Kier molecular flexibility index (Phi) is 4.60. The molecule has 0 aliphatic rings. The predicted molar refractivity (Wildman–Crippen MR) is 82.0 cm³/mol. The maximum Gasteiger partial charge on any atom is 0.303 e. The summed E-state index contributed by atoms with van der Waals surface area (Å²) >= 11 is 0. The van der Waals surface area contributed by atoms with E-state index in [1.54, 1.807) is 30.8 Å². The van der Waals surface area contributed by atoms with Crippen molar-refractivity contribution in [2.45, 2.75) is 32.2 Å². The third-order valence-corrected chi connectivity index (χ3v) is 3.26. The average Bonchev–Trinajstić information content (AvgIpc) is 2.96. The number of carboxylic acid groups (broad SMARTS) is 1. The molecule has 0 aliphatic carbocycles. The summed E-state index contributed by atoms with van der Waals surface area (Å²) in [5, 5.41) is 15.8. The molecule has 1 heterocycles. The van der Waals surface area contributed by atoms with Crippen LogP contribution in [-0.2, 0) is 4.79 Å². The highest BCUT2D eigenvalue weighted by Crippen LogP contribution is 2.13. The SMILES string of the molecule is CC(C)(CCC(=O)O)NC(=O)c1ccn(-c2ccccc2)n1. The number of aromatic nitrogens is 2. The molecule has 1 aromatic heterocycles. The summed E-state index contributed by atoms with van der Waals surface area (Å²) < 4.78 is 1.62. The van der Waals surface area contributed by atoms with Crippen molar-refractivity contribution in [2.75, 3.05) is 0 Å². The first kappa shape index (κ1) is 15.8. The van der Waals surface area contributed by atoms with Gasteiger partial charge in [0.15, 0.2) is 5.69 Å². The lowest BCUT2D eigenvalue weighted by Gasteiger charge is -2.25. The van der Waals surface area contributed by atoms with Crippen molar-refractivity contribution >= 4 is 11.9 Å². The number of rotatable bonds is 6. The molecule has 116 valence electrons. The second kappa shape index (κ2) is 6.43. The second-order valence-corrected chi connectivity index (χ2v) is 5.71. The van der Waals surface area contributed by atoms with Gasteiger partial charge in [0.25, 0.3) is 5.91 Å². The number of carbonyl (C=O) groups excluding carboxylic acids is 1. The molecule has 0 spiro atoms. The van der Waals surface area contributed by atoms with E-state index >= 15 is 0 Å². The van der Waals surface area contributed by atoms with E-state index in [1.165, 1.54) is 0 Å². The van der Waals surface area contributed by atoms with Crippen molar-refractivity contribution in [3.8, 4) is 5.69 Å². The fourth-order valence-electron chi connectivity index (χ4n) is 2.02. The summed E-state index contributed by atoms with van der Waals surface area (Å²) in [6.45, 7) is 3.59. The molecule has 0 saturated heterocycles. The van der Waals surface area contributed by atoms with Gasteiger partial charge >= 0.3 is 5.97 Å². The molecule has 0 atom stereocenters. The summed E-state index contributed by atoms with van der Waals surface area (Å²) in [6, 6.07) is 11.1. The normalized spacial score (nSPS) is 11.2. The minimum Gasteiger partial charge on any atom is -0.481 e. The van der Waals surface area contributed by atoms with E-state index < -0.39 is 11.5 Å². The number of amides is 1. The number of benzene rings is 1. The number of carbonyl (C=O) groups is 2. The smallest absolute Gasteiger partial charge is 0.303 e. The number of hydrogen-bond donors (Lipinski definition) is 2. The quantitative estimate of drug-likeness (QED) is 0.857. The van der Waals surface area contributed by atoms with E-state index in [0.29, 0.717) is 12.1 Å². The molecule has 2 N–H and O–H groups in total. The molecule has 2 rings (SSSR count). The van der Waals surface area contributed by atoms with Gasteiger partial charge in [0.1, 0.15) is 0 Å². The van der Waals surface area contributed by atoms with Crippen LogP contribution >= 0.6 is 0 Å². The van der Waals surface area contributed by atoms with Crippen molar-refractivity contribution in [1.29, 1.82) is 0 Å². The minimum atomic E-state index is -0.879. The maximum absolute atomic E-state index is 12.2. The summed E-state index contributed by atoms with van der Waals surface area (Å²) in [7, 11) is 0. The van der Waals surface area contributed by atoms with Crippen LogP contribution in [0.1, 0.15) is 37.2 Å². The second-order valence-electron chi connectivity index (χ2n) is 5.71. The number of nitrogens with zero attached hydrogens (tertiary/aromatic N) is 2. The van der Waals surface area contributed by atoms with Gasteiger partial charge in [-0.05, 0) is 38.5 Å².